The Kier molecular flexibility index (Phi) is 54.0. The lowest BCUT2D eigenvalue weighted by Crippen LogP contribution is -2.28. The van der Waals surface area contributed by atoms with Crippen molar-refractivity contribution in [2.75, 3.05) is 13.2 Å². The molecule has 68 heavy (non-hydrogen) atoms. The molecule has 1 unspecified atom stereocenters. The van der Waals surface area contributed by atoms with Crippen LogP contribution in [0.2, 0.25) is 0 Å². The topological polar surface area (TPSA) is 72.8 Å². The molecule has 0 bridgehead atoms. The van der Waals surface area contributed by atoms with Gasteiger partial charge in [0.05, 0.1) is 6.61 Å². The van der Waals surface area contributed by atoms with Crippen LogP contribution >= 0.6 is 0 Å². The van der Waals surface area contributed by atoms with E-state index in [1.54, 1.807) is 0 Å². The monoisotopic (exact) mass is 939 g/mol. The fraction of sp³-hybridized carbons (Fsp3) is 0.619. The summed E-state index contributed by atoms with van der Waals surface area (Å²) in [4.78, 5) is 24.5. The van der Waals surface area contributed by atoms with Gasteiger partial charge in [0.15, 0.2) is 6.10 Å². The van der Waals surface area contributed by atoms with Crippen molar-refractivity contribution in [1.82, 2.24) is 0 Å². The predicted octanol–water partition coefficient (Wildman–Crippen LogP) is 18.9. The lowest BCUT2D eigenvalue weighted by atomic mass is 10.0. The number of ether oxygens (including phenoxy) is 2. The maximum atomic E-state index is 12.3. The molecule has 0 aromatic carbocycles. The van der Waals surface area contributed by atoms with Crippen molar-refractivity contribution < 1.29 is 24.2 Å². The highest BCUT2D eigenvalue weighted by Crippen LogP contribution is 2.15. The van der Waals surface area contributed by atoms with Crippen LogP contribution in [0, 0.1) is 0 Å². The lowest BCUT2D eigenvalue weighted by Gasteiger charge is -2.15. The highest BCUT2D eigenvalue weighted by molar-refractivity contribution is 5.70. The number of rotatable bonds is 49. The minimum Gasteiger partial charge on any atom is -0.462 e. The van der Waals surface area contributed by atoms with E-state index in [2.05, 4.69) is 148 Å². The van der Waals surface area contributed by atoms with Gasteiger partial charge in [-0.05, 0) is 109 Å². The molecule has 0 aromatic heterocycles. The molecule has 0 spiro atoms. The van der Waals surface area contributed by atoms with Gasteiger partial charge in [0.1, 0.15) is 6.61 Å². The van der Waals surface area contributed by atoms with E-state index >= 15 is 0 Å². The van der Waals surface area contributed by atoms with Gasteiger partial charge in [-0.2, -0.15) is 0 Å². The molecule has 0 saturated carbocycles. The van der Waals surface area contributed by atoms with Crippen LogP contribution < -0.4 is 0 Å². The summed E-state index contributed by atoms with van der Waals surface area (Å²) in [5, 5.41) is 9.64. The summed E-state index contributed by atoms with van der Waals surface area (Å²) in [6.45, 7) is 3.88. The van der Waals surface area contributed by atoms with E-state index in [0.717, 1.165) is 116 Å². The molecular weight excluding hydrogens is 837 g/mol. The van der Waals surface area contributed by atoms with E-state index in [1.165, 1.54) is 89.9 Å². The van der Waals surface area contributed by atoms with Gasteiger partial charge in [-0.1, -0.05) is 244 Å². The van der Waals surface area contributed by atoms with Gasteiger partial charge in [-0.15, -0.1) is 0 Å². The average Bonchev–Trinajstić information content (AvgIpc) is 3.34. The van der Waals surface area contributed by atoms with Crippen LogP contribution in [-0.2, 0) is 19.1 Å². The van der Waals surface area contributed by atoms with Gasteiger partial charge < -0.3 is 14.6 Å². The first-order chi connectivity index (χ1) is 33.6. The molecule has 0 amide bonds. The third-order valence-corrected chi connectivity index (χ3v) is 11.4. The first-order valence-electron chi connectivity index (χ1n) is 27.7. The zero-order chi connectivity index (χ0) is 49.2. The molecule has 0 radical (unpaired) electrons. The summed E-state index contributed by atoms with van der Waals surface area (Å²) in [7, 11) is 0. The Hall–Kier alpha value is -3.96. The van der Waals surface area contributed by atoms with E-state index < -0.39 is 6.10 Å². The fourth-order valence-corrected chi connectivity index (χ4v) is 7.35. The van der Waals surface area contributed by atoms with Crippen molar-refractivity contribution in [1.29, 1.82) is 0 Å². The molecule has 0 saturated heterocycles. The van der Waals surface area contributed by atoms with Crippen LogP contribution in [0.5, 0.6) is 0 Å². The summed E-state index contributed by atoms with van der Waals surface area (Å²) in [6, 6.07) is 0. The molecule has 0 aliphatic rings. The number of aliphatic hydroxyl groups excluding tert-OH is 1. The number of aliphatic hydroxyl groups is 1. The van der Waals surface area contributed by atoms with Gasteiger partial charge in [0.25, 0.3) is 0 Å². The highest BCUT2D eigenvalue weighted by atomic mass is 16.6. The lowest BCUT2D eigenvalue weighted by molar-refractivity contribution is -0.161. The number of allylic oxidation sites excluding steroid dienone is 22. The Morgan fingerprint density at radius 3 is 0.897 bits per heavy atom. The number of carbonyl (C=O) groups is 2. The average molecular weight is 940 g/mol. The Balaban J connectivity index is 3.54. The summed E-state index contributed by atoms with van der Waals surface area (Å²) in [5.41, 5.74) is 0. The third-order valence-electron chi connectivity index (χ3n) is 11.4. The van der Waals surface area contributed by atoms with Gasteiger partial charge >= 0.3 is 11.9 Å². The quantitative estimate of drug-likeness (QED) is 0.0374. The van der Waals surface area contributed by atoms with Gasteiger partial charge in [-0.25, -0.2) is 0 Å². The molecule has 0 heterocycles. The third kappa shape index (κ3) is 54.6. The van der Waals surface area contributed by atoms with Gasteiger partial charge in [-0.3, -0.25) is 9.59 Å². The Morgan fingerprint density at radius 2 is 0.588 bits per heavy atom. The Labute approximate surface area is 419 Å². The zero-order valence-corrected chi connectivity index (χ0v) is 43.8. The van der Waals surface area contributed by atoms with E-state index in [9.17, 15) is 14.7 Å². The standard InChI is InChI=1S/C63H102O5/c1-3-5-7-9-11-13-15-17-19-21-23-24-25-26-27-28-29-30-31-32-33-34-35-36-37-38-40-42-44-46-48-50-52-54-56-58-63(66)68-61(59-64)60-67-62(65)57-55-53-51-49-47-45-43-41-39-22-20-18-16-14-12-10-8-6-4-2/h5-8,11-14,17-20,23-24,26-27,29-30,39,41,45,47,61,64H,3-4,9-10,15-16,21-22,25,28,31-38,40,42-44,46,48-60H2,1-2H3/b7-5-,8-6-,13-11-,14-12-,19-17-,20-18-,24-23-,27-26-,30-29-,41-39-,47-45-. The summed E-state index contributed by atoms with van der Waals surface area (Å²) in [6.07, 6.45) is 85.6. The Morgan fingerprint density at radius 1 is 0.338 bits per heavy atom. The minimum absolute atomic E-state index is 0.0893. The molecule has 0 aliphatic carbocycles. The van der Waals surface area contributed by atoms with Crippen molar-refractivity contribution in [2.24, 2.45) is 0 Å². The van der Waals surface area contributed by atoms with Crippen molar-refractivity contribution >= 4 is 11.9 Å². The van der Waals surface area contributed by atoms with E-state index in [-0.39, 0.29) is 25.2 Å². The number of carbonyl (C=O) groups excluding carboxylic acids is 2. The van der Waals surface area contributed by atoms with Crippen LogP contribution in [0.15, 0.2) is 134 Å². The van der Waals surface area contributed by atoms with Crippen LogP contribution in [0.3, 0.4) is 0 Å². The van der Waals surface area contributed by atoms with Gasteiger partial charge in [0.2, 0.25) is 0 Å². The van der Waals surface area contributed by atoms with Crippen LogP contribution in [0.1, 0.15) is 232 Å². The largest absolute Gasteiger partial charge is 0.462 e. The van der Waals surface area contributed by atoms with Crippen molar-refractivity contribution in [3.8, 4) is 0 Å². The molecule has 0 aromatic rings. The van der Waals surface area contributed by atoms with Crippen LogP contribution in [-0.4, -0.2) is 36.4 Å². The summed E-state index contributed by atoms with van der Waals surface area (Å²) < 4.78 is 10.7. The van der Waals surface area contributed by atoms with E-state index in [4.69, 9.17) is 9.47 Å². The van der Waals surface area contributed by atoms with Crippen LogP contribution in [0.4, 0.5) is 0 Å². The van der Waals surface area contributed by atoms with E-state index in [1.807, 2.05) is 0 Å². The second kappa shape index (κ2) is 57.4. The molecule has 0 aliphatic heterocycles. The normalized spacial score (nSPS) is 13.3. The molecule has 384 valence electrons. The molecule has 5 heteroatoms. The summed E-state index contributed by atoms with van der Waals surface area (Å²) in [5.74, 6) is -0.633. The Bertz CT molecular complexity index is 1430. The number of hydrogen-bond donors (Lipinski definition) is 1. The second-order valence-electron chi connectivity index (χ2n) is 17.9. The first-order valence-corrected chi connectivity index (χ1v) is 27.7. The molecule has 0 fully saturated rings. The maximum Gasteiger partial charge on any atom is 0.306 e. The van der Waals surface area contributed by atoms with E-state index in [0.29, 0.717) is 12.8 Å². The summed E-state index contributed by atoms with van der Waals surface area (Å²) >= 11 is 0. The zero-order valence-electron chi connectivity index (χ0n) is 43.8. The molecular formula is C63H102O5. The fourth-order valence-electron chi connectivity index (χ4n) is 7.35. The number of esters is 2. The molecule has 1 atom stereocenters. The van der Waals surface area contributed by atoms with Crippen molar-refractivity contribution in [2.45, 2.75) is 238 Å². The smallest absolute Gasteiger partial charge is 0.306 e. The molecule has 0 rings (SSSR count). The second-order valence-corrected chi connectivity index (χ2v) is 17.9. The van der Waals surface area contributed by atoms with Crippen LogP contribution in [0.25, 0.3) is 0 Å². The molecule has 5 nitrogen and oxygen atoms in total. The minimum atomic E-state index is -0.795. The van der Waals surface area contributed by atoms with Crippen molar-refractivity contribution in [3.05, 3.63) is 134 Å². The first kappa shape index (κ1) is 64.0. The SMILES string of the molecule is CC/C=C\C/C=C\C/C=C\C/C=C\C/C=C\C/C=C\CCCCCCCCCCCCCCCCCCC(=O)OC(CO)COC(=O)CCCCC/C=C\C/C=C\C/C=C\C/C=C\C/C=C\CC. The predicted molar refractivity (Wildman–Crippen MR) is 297 cm³/mol. The maximum absolute atomic E-state index is 12.3. The van der Waals surface area contributed by atoms with Gasteiger partial charge in [0, 0.05) is 12.8 Å². The number of unbranched alkanes of at least 4 members (excludes halogenated alkanes) is 19. The number of hydrogen-bond acceptors (Lipinski definition) is 5. The molecule has 1 N–H and O–H groups in total. The van der Waals surface area contributed by atoms with Crippen molar-refractivity contribution in [3.63, 3.8) is 0 Å². The highest BCUT2D eigenvalue weighted by Gasteiger charge is 2.16.